The molecule has 4 heteroatoms. The zero-order valence-corrected chi connectivity index (χ0v) is 11.2. The number of hydrogen-bond donors (Lipinski definition) is 0. The van der Waals surface area contributed by atoms with Crippen molar-refractivity contribution in [2.45, 2.75) is 38.3 Å². The highest BCUT2D eigenvalue weighted by Gasteiger charge is 2.37. The van der Waals surface area contributed by atoms with E-state index in [2.05, 4.69) is 31.8 Å². The highest BCUT2D eigenvalue weighted by molar-refractivity contribution is 7.00. The van der Waals surface area contributed by atoms with Crippen molar-refractivity contribution in [3.05, 3.63) is 23.8 Å². The van der Waals surface area contributed by atoms with Crippen molar-refractivity contribution in [3.63, 3.8) is 0 Å². The molecule has 2 aliphatic rings. The van der Waals surface area contributed by atoms with Gasteiger partial charge in [0.2, 0.25) is 0 Å². The molecule has 0 N–H and O–H groups in total. The Balaban J connectivity index is 1.56. The molecule has 2 fully saturated rings. The Labute approximate surface area is 111 Å². The highest BCUT2D eigenvalue weighted by atomic mass is 32.1. The third-order valence-electron chi connectivity index (χ3n) is 4.58. The average Bonchev–Trinajstić information content (AvgIpc) is 3.06. The summed E-state index contributed by atoms with van der Waals surface area (Å²) in [6.07, 6.45) is 5.70. The molecule has 94 valence electrons. The van der Waals surface area contributed by atoms with Crippen LogP contribution in [0.15, 0.2) is 18.2 Å². The van der Waals surface area contributed by atoms with Crippen molar-refractivity contribution >= 4 is 22.8 Å². The molecule has 0 unspecified atom stereocenters. The molecule has 2 aromatic rings. The van der Waals surface area contributed by atoms with Gasteiger partial charge in [-0.2, -0.15) is 8.75 Å². The van der Waals surface area contributed by atoms with Crippen molar-refractivity contribution in [1.82, 2.24) is 13.6 Å². The fourth-order valence-corrected chi connectivity index (χ4v) is 4.21. The van der Waals surface area contributed by atoms with Gasteiger partial charge in [-0.15, -0.1) is 0 Å². The van der Waals surface area contributed by atoms with Gasteiger partial charge in [0.25, 0.3) is 0 Å². The molecule has 1 aromatic heterocycles. The molecule has 1 aromatic carbocycles. The van der Waals surface area contributed by atoms with E-state index >= 15 is 0 Å². The Kier molecular flexibility index (Phi) is 2.59. The molecule has 4 rings (SSSR count). The predicted octanol–water partition coefficient (Wildman–Crippen LogP) is 3.07. The second kappa shape index (κ2) is 4.28. The van der Waals surface area contributed by atoms with Gasteiger partial charge in [0.1, 0.15) is 11.0 Å². The summed E-state index contributed by atoms with van der Waals surface area (Å²) in [7, 11) is 0. The lowest BCUT2D eigenvalue weighted by Gasteiger charge is -2.23. The zero-order valence-electron chi connectivity index (χ0n) is 10.4. The van der Waals surface area contributed by atoms with E-state index in [9.17, 15) is 0 Å². The second-order valence-electron chi connectivity index (χ2n) is 5.60. The lowest BCUT2D eigenvalue weighted by Crippen LogP contribution is -2.29. The van der Waals surface area contributed by atoms with Gasteiger partial charge in [-0.1, -0.05) is 12.5 Å². The molecule has 0 amide bonds. The van der Waals surface area contributed by atoms with E-state index in [0.717, 1.165) is 29.5 Å². The number of fused-ring (bicyclic) bond motifs is 2. The van der Waals surface area contributed by atoms with E-state index in [0.29, 0.717) is 0 Å². The van der Waals surface area contributed by atoms with Crippen LogP contribution in [0.1, 0.15) is 31.2 Å². The Morgan fingerprint density at radius 3 is 3.11 bits per heavy atom. The fraction of sp³-hybridized carbons (Fsp3) is 0.571. The first-order valence-electron chi connectivity index (χ1n) is 6.85. The highest BCUT2D eigenvalue weighted by Crippen LogP contribution is 2.38. The Bertz CT molecular complexity index is 565. The molecule has 2 atom stereocenters. The predicted molar refractivity (Wildman–Crippen MR) is 73.6 cm³/mol. The third kappa shape index (κ3) is 1.75. The number of rotatable bonds is 2. The molecule has 1 aliphatic carbocycles. The van der Waals surface area contributed by atoms with Gasteiger partial charge in [-0.3, -0.25) is 4.90 Å². The first kappa shape index (κ1) is 10.9. The van der Waals surface area contributed by atoms with Gasteiger partial charge in [-0.25, -0.2) is 0 Å². The summed E-state index contributed by atoms with van der Waals surface area (Å²) in [6, 6.07) is 7.39. The Morgan fingerprint density at radius 1 is 1.17 bits per heavy atom. The number of hydrogen-bond acceptors (Lipinski definition) is 4. The smallest absolute Gasteiger partial charge is 0.105 e. The van der Waals surface area contributed by atoms with Crippen molar-refractivity contribution in [1.29, 1.82) is 0 Å². The van der Waals surface area contributed by atoms with Crippen LogP contribution >= 0.6 is 11.7 Å². The molecular formula is C14H17N3S. The minimum atomic E-state index is 0.856. The lowest BCUT2D eigenvalue weighted by molar-refractivity contribution is 0.233. The summed E-state index contributed by atoms with van der Waals surface area (Å²) in [5.74, 6) is 0.981. The molecule has 1 saturated carbocycles. The van der Waals surface area contributed by atoms with Gasteiger partial charge in [0.15, 0.2) is 0 Å². The van der Waals surface area contributed by atoms with Gasteiger partial charge in [0, 0.05) is 12.6 Å². The largest absolute Gasteiger partial charge is 0.296 e. The molecule has 1 saturated heterocycles. The number of aromatic nitrogens is 2. The van der Waals surface area contributed by atoms with E-state index in [-0.39, 0.29) is 0 Å². The molecule has 3 nitrogen and oxygen atoms in total. The summed E-state index contributed by atoms with van der Waals surface area (Å²) in [4.78, 5) is 2.68. The van der Waals surface area contributed by atoms with Gasteiger partial charge < -0.3 is 0 Å². The molecule has 0 spiro atoms. The molecule has 18 heavy (non-hydrogen) atoms. The Hall–Kier alpha value is -1.00. The first-order chi connectivity index (χ1) is 8.90. The zero-order chi connectivity index (χ0) is 11.9. The van der Waals surface area contributed by atoms with Crippen LogP contribution in [0.3, 0.4) is 0 Å². The summed E-state index contributed by atoms with van der Waals surface area (Å²) in [5.41, 5.74) is 3.48. The van der Waals surface area contributed by atoms with Crippen LogP contribution in [-0.4, -0.2) is 26.2 Å². The van der Waals surface area contributed by atoms with Crippen LogP contribution < -0.4 is 0 Å². The van der Waals surface area contributed by atoms with Crippen LogP contribution in [-0.2, 0) is 6.54 Å². The third-order valence-corrected chi connectivity index (χ3v) is 5.14. The summed E-state index contributed by atoms with van der Waals surface area (Å²) in [6.45, 7) is 2.37. The van der Waals surface area contributed by atoms with Crippen LogP contribution in [0.2, 0.25) is 0 Å². The molecular weight excluding hydrogens is 242 g/mol. The average molecular weight is 259 g/mol. The van der Waals surface area contributed by atoms with Crippen LogP contribution in [0, 0.1) is 5.92 Å². The topological polar surface area (TPSA) is 29.0 Å². The standard InChI is InChI=1S/C14H17N3S/c1-2-11-6-7-17(14(11)3-1)9-10-4-5-12-13(8-10)16-18-15-12/h4-5,8,11,14H,1-3,6-7,9H2/t11-,14-/m1/s1. The molecule has 0 radical (unpaired) electrons. The maximum Gasteiger partial charge on any atom is 0.105 e. The SMILES string of the molecule is c1cc2nsnc2cc1CN1CC[C@H]2CCC[C@H]21. The number of benzene rings is 1. The van der Waals surface area contributed by atoms with Crippen molar-refractivity contribution in [2.75, 3.05) is 6.54 Å². The lowest BCUT2D eigenvalue weighted by atomic mass is 10.0. The maximum absolute atomic E-state index is 4.33. The van der Waals surface area contributed by atoms with E-state index in [1.54, 1.807) is 0 Å². The van der Waals surface area contributed by atoms with E-state index in [1.807, 2.05) is 0 Å². The van der Waals surface area contributed by atoms with E-state index in [4.69, 9.17) is 0 Å². The van der Waals surface area contributed by atoms with Gasteiger partial charge >= 0.3 is 0 Å². The van der Waals surface area contributed by atoms with Crippen LogP contribution in [0.5, 0.6) is 0 Å². The van der Waals surface area contributed by atoms with Crippen molar-refractivity contribution < 1.29 is 0 Å². The van der Waals surface area contributed by atoms with Crippen molar-refractivity contribution in [2.24, 2.45) is 5.92 Å². The molecule has 1 aliphatic heterocycles. The molecule has 0 bridgehead atoms. The molecule has 2 heterocycles. The number of nitrogens with zero attached hydrogens (tertiary/aromatic N) is 3. The quantitative estimate of drug-likeness (QED) is 0.830. The first-order valence-corrected chi connectivity index (χ1v) is 7.58. The van der Waals surface area contributed by atoms with Gasteiger partial charge in [0.05, 0.1) is 11.7 Å². The van der Waals surface area contributed by atoms with Gasteiger partial charge in [-0.05, 0) is 49.4 Å². The maximum atomic E-state index is 4.33. The van der Waals surface area contributed by atoms with E-state index < -0.39 is 0 Å². The van der Waals surface area contributed by atoms with Crippen molar-refractivity contribution in [3.8, 4) is 0 Å². The second-order valence-corrected chi connectivity index (χ2v) is 6.13. The summed E-state index contributed by atoms with van der Waals surface area (Å²) >= 11 is 1.31. The number of likely N-dealkylation sites (tertiary alicyclic amines) is 1. The normalized spacial score (nSPS) is 28.0. The monoisotopic (exact) mass is 259 g/mol. The Morgan fingerprint density at radius 2 is 2.11 bits per heavy atom. The van der Waals surface area contributed by atoms with E-state index in [1.165, 1.54) is 49.5 Å². The van der Waals surface area contributed by atoms with Crippen LogP contribution in [0.25, 0.3) is 11.0 Å². The van der Waals surface area contributed by atoms with Crippen LogP contribution in [0.4, 0.5) is 0 Å². The summed E-state index contributed by atoms with van der Waals surface area (Å²) in [5, 5.41) is 0. The fourth-order valence-electron chi connectivity index (χ4n) is 3.69. The minimum absolute atomic E-state index is 0.856. The summed E-state index contributed by atoms with van der Waals surface area (Å²) < 4.78 is 8.59. The minimum Gasteiger partial charge on any atom is -0.296 e.